The number of unbranched alkanes of at least 4 members (excludes halogenated alkanes) is 30. The molecule has 4 nitrogen and oxygen atoms in total. The standard InChI is InChI=1S/C41H72O4/c42-40(43)37-33-28-26-24-22-20-18-16-14-12-10-8-6-4-2-1-3-5-7-9-11-13-15-17-19-21-23-25-27-29-34-38-41(44)45-39-35-31-30-32-36-39/h30-32,35-36H,1-29,33-34,37-38H2,(H,42,43). The van der Waals surface area contributed by atoms with E-state index in [2.05, 4.69) is 0 Å². The molecule has 0 aromatic heterocycles. The second-order valence-electron chi connectivity index (χ2n) is 13.6. The highest BCUT2D eigenvalue weighted by Crippen LogP contribution is 2.17. The van der Waals surface area contributed by atoms with Crippen molar-refractivity contribution in [2.45, 2.75) is 212 Å². The van der Waals surface area contributed by atoms with E-state index in [1.165, 1.54) is 173 Å². The Morgan fingerprint density at radius 1 is 0.378 bits per heavy atom. The summed E-state index contributed by atoms with van der Waals surface area (Å²) >= 11 is 0. The molecule has 1 N–H and O–H groups in total. The number of hydrogen-bond donors (Lipinski definition) is 1. The van der Waals surface area contributed by atoms with E-state index >= 15 is 0 Å². The van der Waals surface area contributed by atoms with Crippen LogP contribution in [-0.4, -0.2) is 17.0 Å². The van der Waals surface area contributed by atoms with Crippen molar-refractivity contribution in [3.63, 3.8) is 0 Å². The van der Waals surface area contributed by atoms with E-state index in [1.54, 1.807) is 0 Å². The summed E-state index contributed by atoms with van der Waals surface area (Å²) in [6.45, 7) is 0. The van der Waals surface area contributed by atoms with Crippen LogP contribution in [0.1, 0.15) is 212 Å². The van der Waals surface area contributed by atoms with Crippen LogP contribution in [0.25, 0.3) is 0 Å². The highest BCUT2D eigenvalue weighted by Gasteiger charge is 2.04. The first-order valence-corrected chi connectivity index (χ1v) is 19.7. The molecular weight excluding hydrogens is 556 g/mol. The molecule has 0 fully saturated rings. The topological polar surface area (TPSA) is 63.6 Å². The predicted molar refractivity (Wildman–Crippen MR) is 192 cm³/mol. The average Bonchev–Trinajstić information content (AvgIpc) is 3.03. The maximum absolute atomic E-state index is 11.9. The molecule has 0 heterocycles. The van der Waals surface area contributed by atoms with Crippen LogP contribution >= 0.6 is 0 Å². The molecule has 260 valence electrons. The van der Waals surface area contributed by atoms with Crippen molar-refractivity contribution in [1.29, 1.82) is 0 Å². The summed E-state index contributed by atoms with van der Waals surface area (Å²) in [6, 6.07) is 9.37. The Kier molecular flexibility index (Phi) is 30.7. The first-order valence-electron chi connectivity index (χ1n) is 19.7. The number of esters is 1. The lowest BCUT2D eigenvalue weighted by molar-refractivity contribution is -0.137. The van der Waals surface area contributed by atoms with Crippen molar-refractivity contribution in [3.05, 3.63) is 30.3 Å². The molecule has 0 radical (unpaired) electrons. The summed E-state index contributed by atoms with van der Waals surface area (Å²) in [7, 11) is 0. The molecule has 1 rings (SSSR count). The highest BCUT2D eigenvalue weighted by atomic mass is 16.5. The van der Waals surface area contributed by atoms with Crippen molar-refractivity contribution in [1.82, 2.24) is 0 Å². The second-order valence-corrected chi connectivity index (χ2v) is 13.6. The molecule has 0 aliphatic carbocycles. The maximum Gasteiger partial charge on any atom is 0.311 e. The van der Waals surface area contributed by atoms with Crippen molar-refractivity contribution in [2.24, 2.45) is 0 Å². The van der Waals surface area contributed by atoms with Gasteiger partial charge in [-0.3, -0.25) is 9.59 Å². The number of carbonyl (C=O) groups is 2. The minimum absolute atomic E-state index is 0.107. The summed E-state index contributed by atoms with van der Waals surface area (Å²) in [5.74, 6) is -0.112. The smallest absolute Gasteiger partial charge is 0.311 e. The van der Waals surface area contributed by atoms with Gasteiger partial charge in [-0.05, 0) is 25.0 Å². The quantitative estimate of drug-likeness (QED) is 0.0461. The van der Waals surface area contributed by atoms with Crippen LogP contribution in [-0.2, 0) is 9.59 Å². The predicted octanol–water partition coefficient (Wildman–Crippen LogP) is 13.5. The van der Waals surface area contributed by atoms with E-state index in [-0.39, 0.29) is 5.97 Å². The molecule has 0 saturated heterocycles. The molecule has 0 atom stereocenters. The van der Waals surface area contributed by atoms with E-state index < -0.39 is 5.97 Å². The van der Waals surface area contributed by atoms with Gasteiger partial charge in [0, 0.05) is 12.8 Å². The third-order valence-electron chi connectivity index (χ3n) is 9.25. The molecular formula is C41H72O4. The number of hydrogen-bond acceptors (Lipinski definition) is 3. The molecule has 0 amide bonds. The highest BCUT2D eigenvalue weighted by molar-refractivity contribution is 5.72. The lowest BCUT2D eigenvalue weighted by atomic mass is 10.0. The van der Waals surface area contributed by atoms with Gasteiger partial charge in [0.1, 0.15) is 5.75 Å². The molecule has 0 saturated carbocycles. The molecule has 0 aliphatic heterocycles. The summed E-state index contributed by atoms with van der Waals surface area (Å²) < 4.78 is 5.34. The zero-order valence-corrected chi connectivity index (χ0v) is 29.4. The Balaban J connectivity index is 1.64. The fraction of sp³-hybridized carbons (Fsp3) is 0.805. The van der Waals surface area contributed by atoms with Crippen LogP contribution in [0, 0.1) is 0 Å². The number of rotatable bonds is 35. The van der Waals surface area contributed by atoms with Gasteiger partial charge in [-0.1, -0.05) is 204 Å². The van der Waals surface area contributed by atoms with Crippen molar-refractivity contribution in [3.8, 4) is 5.75 Å². The van der Waals surface area contributed by atoms with Gasteiger partial charge in [0.2, 0.25) is 0 Å². The molecule has 45 heavy (non-hydrogen) atoms. The van der Waals surface area contributed by atoms with Crippen molar-refractivity contribution in [2.75, 3.05) is 0 Å². The largest absolute Gasteiger partial charge is 0.481 e. The van der Waals surface area contributed by atoms with Crippen LogP contribution in [0.15, 0.2) is 30.3 Å². The zero-order valence-electron chi connectivity index (χ0n) is 29.4. The Morgan fingerprint density at radius 3 is 0.889 bits per heavy atom. The number of carbonyl (C=O) groups excluding carboxylic acids is 1. The van der Waals surface area contributed by atoms with Gasteiger partial charge in [0.05, 0.1) is 0 Å². The van der Waals surface area contributed by atoms with E-state index in [1.807, 2.05) is 30.3 Å². The average molecular weight is 629 g/mol. The van der Waals surface area contributed by atoms with E-state index in [0.29, 0.717) is 18.6 Å². The van der Waals surface area contributed by atoms with Crippen molar-refractivity contribution >= 4 is 11.9 Å². The maximum atomic E-state index is 11.9. The summed E-state index contributed by atoms with van der Waals surface area (Å²) in [5, 5.41) is 8.64. The van der Waals surface area contributed by atoms with Crippen LogP contribution in [0.3, 0.4) is 0 Å². The number of ether oxygens (including phenoxy) is 1. The normalized spacial score (nSPS) is 11.2. The first kappa shape index (κ1) is 41.2. The van der Waals surface area contributed by atoms with Gasteiger partial charge in [0.15, 0.2) is 0 Å². The van der Waals surface area contributed by atoms with Gasteiger partial charge < -0.3 is 9.84 Å². The lowest BCUT2D eigenvalue weighted by Crippen LogP contribution is -2.07. The third-order valence-corrected chi connectivity index (χ3v) is 9.25. The molecule has 0 spiro atoms. The monoisotopic (exact) mass is 629 g/mol. The Bertz CT molecular complexity index is 762. The van der Waals surface area contributed by atoms with Crippen LogP contribution in [0.2, 0.25) is 0 Å². The fourth-order valence-electron chi connectivity index (χ4n) is 6.34. The summed E-state index contributed by atoms with van der Waals surface area (Å²) in [4.78, 5) is 22.3. The van der Waals surface area contributed by atoms with E-state index in [4.69, 9.17) is 9.84 Å². The number of carboxylic acid groups (broad SMARTS) is 1. The zero-order chi connectivity index (χ0) is 32.3. The molecule has 1 aromatic carbocycles. The fourth-order valence-corrected chi connectivity index (χ4v) is 6.34. The van der Waals surface area contributed by atoms with Crippen LogP contribution < -0.4 is 4.74 Å². The summed E-state index contributed by atoms with van der Waals surface area (Å²) in [6.07, 6.45) is 42.4. The van der Waals surface area contributed by atoms with Gasteiger partial charge in [-0.25, -0.2) is 0 Å². The van der Waals surface area contributed by atoms with Crippen LogP contribution in [0.4, 0.5) is 0 Å². The Morgan fingerprint density at radius 2 is 0.622 bits per heavy atom. The first-order chi connectivity index (χ1) is 22.2. The minimum Gasteiger partial charge on any atom is -0.481 e. The Hall–Kier alpha value is -1.84. The Labute approximate surface area is 278 Å². The molecule has 0 bridgehead atoms. The van der Waals surface area contributed by atoms with Gasteiger partial charge in [0.25, 0.3) is 0 Å². The SMILES string of the molecule is O=C(O)CCCCCCCCCCCCCCCCCCCCCCCCCCCCCCCCCC(=O)Oc1ccccc1. The minimum atomic E-state index is -0.654. The molecule has 0 aliphatic rings. The molecule has 4 heteroatoms. The van der Waals surface area contributed by atoms with Gasteiger partial charge in [-0.15, -0.1) is 0 Å². The summed E-state index contributed by atoms with van der Waals surface area (Å²) in [5.41, 5.74) is 0. The number of carboxylic acids is 1. The van der Waals surface area contributed by atoms with Gasteiger partial charge >= 0.3 is 11.9 Å². The molecule has 0 unspecified atom stereocenters. The lowest BCUT2D eigenvalue weighted by Gasteiger charge is -2.05. The second kappa shape index (κ2) is 33.5. The van der Waals surface area contributed by atoms with E-state index in [9.17, 15) is 9.59 Å². The number of benzene rings is 1. The molecule has 1 aromatic rings. The number of para-hydroxylation sites is 1. The number of aliphatic carboxylic acids is 1. The van der Waals surface area contributed by atoms with Crippen LogP contribution in [0.5, 0.6) is 5.75 Å². The van der Waals surface area contributed by atoms with Crippen molar-refractivity contribution < 1.29 is 19.4 Å². The van der Waals surface area contributed by atoms with E-state index in [0.717, 1.165) is 25.7 Å². The van der Waals surface area contributed by atoms with Gasteiger partial charge in [-0.2, -0.15) is 0 Å². The third kappa shape index (κ3) is 31.9.